The molecule has 88 valence electrons. The van der Waals surface area contributed by atoms with Crippen LogP contribution in [0.2, 0.25) is 0 Å². The first-order valence-corrected chi connectivity index (χ1v) is 4.55. The second kappa shape index (κ2) is 4.86. The molecule has 1 heterocycles. The van der Waals surface area contributed by atoms with Crippen LogP contribution >= 0.6 is 0 Å². The van der Waals surface area contributed by atoms with Crippen LogP contribution in [-0.2, 0) is 9.53 Å². The predicted molar refractivity (Wildman–Crippen MR) is 47.6 cm³/mol. The molecule has 15 heavy (non-hydrogen) atoms. The Balaban J connectivity index is 2.70. The molecule has 7 heteroatoms. The van der Waals surface area contributed by atoms with E-state index in [2.05, 4.69) is 5.32 Å². The third-order valence-corrected chi connectivity index (χ3v) is 2.27. The molecule has 7 nitrogen and oxygen atoms in total. The monoisotopic (exact) mass is 221 g/mol. The molecule has 0 spiro atoms. The molecule has 5 N–H and O–H groups in total. The van der Waals surface area contributed by atoms with E-state index in [0.717, 1.165) is 0 Å². The second-order valence-corrected chi connectivity index (χ2v) is 3.46. The standard InChI is InChI=1S/C8H15NO6/c1-3(11)9-5-7(13)6(12)4(2-10)15-8(5)14/h4-8,10,12-14H,2H2,1H3,(H,9,11)/t4?,5-,6+,7-,8-/m0/s1. The normalized spacial score (nSPS) is 41.3. The minimum Gasteiger partial charge on any atom is -0.394 e. The van der Waals surface area contributed by atoms with Gasteiger partial charge in [-0.3, -0.25) is 4.79 Å². The van der Waals surface area contributed by atoms with Crippen LogP contribution in [0.5, 0.6) is 0 Å². The summed E-state index contributed by atoms with van der Waals surface area (Å²) in [5, 5.41) is 39.4. The van der Waals surface area contributed by atoms with Crippen molar-refractivity contribution in [1.29, 1.82) is 0 Å². The van der Waals surface area contributed by atoms with Crippen LogP contribution in [0, 0.1) is 0 Å². The maximum atomic E-state index is 10.7. The van der Waals surface area contributed by atoms with E-state index < -0.39 is 43.2 Å². The molecule has 0 aromatic heterocycles. The van der Waals surface area contributed by atoms with Gasteiger partial charge in [-0.05, 0) is 0 Å². The Morgan fingerprint density at radius 1 is 1.33 bits per heavy atom. The second-order valence-electron chi connectivity index (χ2n) is 3.46. The quantitative estimate of drug-likeness (QED) is 0.337. The average molecular weight is 221 g/mol. The van der Waals surface area contributed by atoms with Gasteiger partial charge in [0.1, 0.15) is 24.4 Å². The molecule has 0 radical (unpaired) electrons. The lowest BCUT2D eigenvalue weighted by Crippen LogP contribution is -2.63. The fourth-order valence-electron chi connectivity index (χ4n) is 1.49. The van der Waals surface area contributed by atoms with Crippen molar-refractivity contribution in [2.24, 2.45) is 0 Å². The van der Waals surface area contributed by atoms with E-state index in [1.165, 1.54) is 6.92 Å². The van der Waals surface area contributed by atoms with Crippen molar-refractivity contribution in [2.75, 3.05) is 6.61 Å². The molecule has 1 aliphatic rings. The fourth-order valence-corrected chi connectivity index (χ4v) is 1.49. The number of aliphatic hydroxyl groups is 4. The SMILES string of the molecule is CC(=O)N[C@H]1[C@H](O)[C@H](O)C(CO)O[C@@H]1O. The van der Waals surface area contributed by atoms with E-state index in [-0.39, 0.29) is 0 Å². The number of nitrogens with one attached hydrogen (secondary N) is 1. The lowest BCUT2D eigenvalue weighted by atomic mass is 9.97. The summed E-state index contributed by atoms with van der Waals surface area (Å²) in [5.74, 6) is -0.462. The van der Waals surface area contributed by atoms with Gasteiger partial charge in [0.15, 0.2) is 6.29 Å². The molecule has 0 saturated carbocycles. The summed E-state index contributed by atoms with van der Waals surface area (Å²) in [7, 11) is 0. The van der Waals surface area contributed by atoms with Gasteiger partial charge in [0.25, 0.3) is 0 Å². The largest absolute Gasteiger partial charge is 0.394 e. The molecule has 0 bridgehead atoms. The lowest BCUT2D eigenvalue weighted by molar-refractivity contribution is -0.253. The molecule has 1 fully saturated rings. The molecule has 0 aromatic carbocycles. The highest BCUT2D eigenvalue weighted by molar-refractivity contribution is 5.73. The van der Waals surface area contributed by atoms with Crippen molar-refractivity contribution >= 4 is 5.91 Å². The van der Waals surface area contributed by atoms with Crippen molar-refractivity contribution in [1.82, 2.24) is 5.32 Å². The molecule has 1 rings (SSSR count). The molecule has 0 aliphatic carbocycles. The van der Waals surface area contributed by atoms with Gasteiger partial charge in [0.2, 0.25) is 5.91 Å². The third-order valence-electron chi connectivity index (χ3n) is 2.27. The van der Waals surface area contributed by atoms with E-state index in [4.69, 9.17) is 9.84 Å². The van der Waals surface area contributed by atoms with Crippen molar-refractivity contribution in [3.05, 3.63) is 0 Å². The number of carbonyl (C=O) groups excluding carboxylic acids is 1. The van der Waals surface area contributed by atoms with Gasteiger partial charge in [0.05, 0.1) is 6.61 Å². The average Bonchev–Trinajstić information content (AvgIpc) is 2.18. The van der Waals surface area contributed by atoms with Gasteiger partial charge in [0, 0.05) is 6.92 Å². The summed E-state index contributed by atoms with van der Waals surface area (Å²) in [5.41, 5.74) is 0. The highest BCUT2D eigenvalue weighted by atomic mass is 16.6. The van der Waals surface area contributed by atoms with Crippen LogP contribution in [0.3, 0.4) is 0 Å². The molecule has 1 amide bonds. The zero-order chi connectivity index (χ0) is 11.6. The zero-order valence-corrected chi connectivity index (χ0v) is 8.20. The van der Waals surface area contributed by atoms with E-state index in [9.17, 15) is 20.1 Å². The van der Waals surface area contributed by atoms with E-state index in [1.807, 2.05) is 0 Å². The number of hydrogen-bond donors (Lipinski definition) is 5. The Labute approximate surface area is 86.3 Å². The van der Waals surface area contributed by atoms with Crippen LogP contribution < -0.4 is 5.32 Å². The number of aliphatic hydroxyl groups excluding tert-OH is 4. The topological polar surface area (TPSA) is 119 Å². The van der Waals surface area contributed by atoms with Crippen molar-refractivity contribution in [3.63, 3.8) is 0 Å². The summed E-state index contributed by atoms with van der Waals surface area (Å²) in [6.07, 6.45) is -5.24. The fraction of sp³-hybridized carbons (Fsp3) is 0.875. The van der Waals surface area contributed by atoms with Gasteiger partial charge in [-0.15, -0.1) is 0 Å². The number of rotatable bonds is 2. The summed E-state index contributed by atoms with van der Waals surface area (Å²) in [6, 6.07) is -1.10. The van der Waals surface area contributed by atoms with Crippen LogP contribution in [0.4, 0.5) is 0 Å². The van der Waals surface area contributed by atoms with Gasteiger partial charge >= 0.3 is 0 Å². The highest BCUT2D eigenvalue weighted by Gasteiger charge is 2.43. The smallest absolute Gasteiger partial charge is 0.217 e. The Kier molecular flexibility index (Phi) is 4.00. The number of hydrogen-bond acceptors (Lipinski definition) is 6. The molecule has 0 aromatic rings. The third kappa shape index (κ3) is 2.64. The molecular weight excluding hydrogens is 206 g/mol. The van der Waals surface area contributed by atoms with E-state index >= 15 is 0 Å². The first-order valence-electron chi connectivity index (χ1n) is 4.55. The molecule has 1 unspecified atom stereocenters. The molecular formula is C8H15NO6. The summed E-state index contributed by atoms with van der Waals surface area (Å²) < 4.78 is 4.81. The summed E-state index contributed by atoms with van der Waals surface area (Å²) >= 11 is 0. The van der Waals surface area contributed by atoms with Gasteiger partial charge in [-0.1, -0.05) is 0 Å². The molecule has 5 atom stereocenters. The zero-order valence-electron chi connectivity index (χ0n) is 8.20. The van der Waals surface area contributed by atoms with Crippen LogP contribution in [-0.4, -0.2) is 63.6 Å². The van der Waals surface area contributed by atoms with Gasteiger partial charge < -0.3 is 30.5 Å². The van der Waals surface area contributed by atoms with Gasteiger partial charge in [-0.25, -0.2) is 0 Å². The molecule has 1 aliphatic heterocycles. The lowest BCUT2D eigenvalue weighted by Gasteiger charge is -2.40. The first kappa shape index (κ1) is 12.3. The van der Waals surface area contributed by atoms with Crippen molar-refractivity contribution in [2.45, 2.75) is 37.6 Å². The highest BCUT2D eigenvalue weighted by Crippen LogP contribution is 2.19. The minimum atomic E-state index is -1.45. The number of amides is 1. The molecule has 1 saturated heterocycles. The minimum absolute atomic E-state index is 0.462. The predicted octanol–water partition coefficient (Wildman–Crippen LogP) is -3.08. The first-order chi connectivity index (χ1) is 6.97. The van der Waals surface area contributed by atoms with Crippen LogP contribution in [0.15, 0.2) is 0 Å². The summed E-state index contributed by atoms with van der Waals surface area (Å²) in [6.45, 7) is 0.687. The van der Waals surface area contributed by atoms with Crippen molar-refractivity contribution in [3.8, 4) is 0 Å². The van der Waals surface area contributed by atoms with Gasteiger partial charge in [-0.2, -0.15) is 0 Å². The maximum absolute atomic E-state index is 10.7. The number of ether oxygens (including phenoxy) is 1. The Hall–Kier alpha value is -0.730. The van der Waals surface area contributed by atoms with Crippen LogP contribution in [0.25, 0.3) is 0 Å². The van der Waals surface area contributed by atoms with E-state index in [1.54, 1.807) is 0 Å². The number of carbonyl (C=O) groups is 1. The Morgan fingerprint density at radius 3 is 2.40 bits per heavy atom. The Bertz CT molecular complexity index is 235. The maximum Gasteiger partial charge on any atom is 0.217 e. The van der Waals surface area contributed by atoms with Crippen LogP contribution in [0.1, 0.15) is 6.92 Å². The van der Waals surface area contributed by atoms with Crippen molar-refractivity contribution < 1.29 is 30.0 Å². The summed E-state index contributed by atoms with van der Waals surface area (Å²) in [4.78, 5) is 10.7. The Morgan fingerprint density at radius 2 is 1.93 bits per heavy atom. The van der Waals surface area contributed by atoms with E-state index in [0.29, 0.717) is 0 Å².